The van der Waals surface area contributed by atoms with E-state index in [4.69, 9.17) is 33.2 Å². The highest BCUT2D eigenvalue weighted by atomic mass is 79.9. The minimum absolute atomic E-state index is 0.129. The van der Waals surface area contributed by atoms with Gasteiger partial charge in [0, 0.05) is 0 Å². The summed E-state index contributed by atoms with van der Waals surface area (Å²) in [6, 6.07) is 15.9. The van der Waals surface area contributed by atoms with Crippen LogP contribution in [0.25, 0.3) is 0 Å². The van der Waals surface area contributed by atoms with Gasteiger partial charge >= 0.3 is 0 Å². The Kier molecular flexibility index (Phi) is 7.64. The fourth-order valence-corrected chi connectivity index (χ4v) is 3.33. The zero-order chi connectivity index (χ0) is 22.4. The first kappa shape index (κ1) is 22.8. The minimum atomic E-state index is -0.794. The number of hydrazone groups is 1. The molecule has 0 aliphatic carbocycles. The molecular weight excluding hydrogens is 508 g/mol. The van der Waals surface area contributed by atoms with E-state index in [2.05, 4.69) is 26.5 Å². The van der Waals surface area contributed by atoms with Crippen molar-refractivity contribution in [1.82, 2.24) is 5.43 Å². The smallest absolute Gasteiger partial charge is 0.274 e. The second kappa shape index (κ2) is 10.4. The second-order valence-electron chi connectivity index (χ2n) is 6.23. The first-order valence-electron chi connectivity index (χ1n) is 8.76. The number of ether oxygens (including phenoxy) is 1. The van der Waals surface area contributed by atoms with E-state index in [9.17, 15) is 9.18 Å². The lowest BCUT2D eigenvalue weighted by Gasteiger charge is -2.09. The summed E-state index contributed by atoms with van der Waals surface area (Å²) in [5.74, 6) is -0.913. The summed E-state index contributed by atoms with van der Waals surface area (Å²) in [5.41, 5.74) is 3.72. The van der Waals surface area contributed by atoms with E-state index in [0.29, 0.717) is 32.4 Å². The van der Waals surface area contributed by atoms with Crippen molar-refractivity contribution in [1.29, 1.82) is 5.26 Å². The maximum absolute atomic E-state index is 13.9. The van der Waals surface area contributed by atoms with Gasteiger partial charge in [0.1, 0.15) is 18.2 Å². The Morgan fingerprint density at radius 1 is 1.16 bits per heavy atom. The molecule has 31 heavy (non-hydrogen) atoms. The van der Waals surface area contributed by atoms with Gasteiger partial charge in [-0.2, -0.15) is 10.4 Å². The molecule has 156 valence electrons. The maximum Gasteiger partial charge on any atom is 0.274 e. The summed E-state index contributed by atoms with van der Waals surface area (Å²) < 4.78 is 20.3. The molecule has 5 nitrogen and oxygen atoms in total. The molecule has 3 rings (SSSR count). The molecule has 1 N–H and O–H groups in total. The normalized spacial score (nSPS) is 10.7. The lowest BCUT2D eigenvalue weighted by Crippen LogP contribution is -2.19. The molecule has 3 aromatic carbocycles. The Hall–Kier alpha value is -2.92. The number of hydrogen-bond donors (Lipinski definition) is 1. The van der Waals surface area contributed by atoms with Gasteiger partial charge in [-0.25, -0.2) is 9.82 Å². The number of rotatable bonds is 6. The number of carbonyl (C=O) groups is 1. The number of nitrogens with zero attached hydrogens (tertiary/aromatic N) is 2. The Morgan fingerprint density at radius 2 is 1.97 bits per heavy atom. The van der Waals surface area contributed by atoms with Crippen LogP contribution in [0.3, 0.4) is 0 Å². The molecule has 0 bridgehead atoms. The predicted octanol–water partition coefficient (Wildman–Crippen LogP) is 6.11. The van der Waals surface area contributed by atoms with E-state index in [0.717, 1.165) is 11.6 Å². The Labute approximate surface area is 196 Å². The third-order valence-electron chi connectivity index (χ3n) is 4.06. The van der Waals surface area contributed by atoms with Gasteiger partial charge in [-0.05, 0) is 75.6 Å². The summed E-state index contributed by atoms with van der Waals surface area (Å²) in [6.07, 6.45) is 1.41. The van der Waals surface area contributed by atoms with Crippen LogP contribution in [-0.4, -0.2) is 12.1 Å². The summed E-state index contributed by atoms with van der Waals surface area (Å²) in [5, 5.41) is 13.5. The number of halogens is 4. The van der Waals surface area contributed by atoms with Gasteiger partial charge in [0.25, 0.3) is 5.91 Å². The predicted molar refractivity (Wildman–Crippen MR) is 121 cm³/mol. The number of benzene rings is 3. The van der Waals surface area contributed by atoms with E-state index in [1.54, 1.807) is 36.4 Å². The van der Waals surface area contributed by atoms with E-state index in [1.165, 1.54) is 18.3 Å². The highest BCUT2D eigenvalue weighted by Crippen LogP contribution is 2.28. The van der Waals surface area contributed by atoms with E-state index in [1.807, 2.05) is 6.07 Å². The third kappa shape index (κ3) is 6.05. The lowest BCUT2D eigenvalue weighted by atomic mass is 10.1. The first-order valence-corrected chi connectivity index (χ1v) is 10.3. The summed E-state index contributed by atoms with van der Waals surface area (Å²) >= 11 is 15.3. The number of carbonyl (C=O) groups excluding carboxylic acids is 1. The van der Waals surface area contributed by atoms with Crippen molar-refractivity contribution in [2.24, 2.45) is 5.10 Å². The topological polar surface area (TPSA) is 74.5 Å². The second-order valence-corrected chi connectivity index (χ2v) is 7.90. The third-order valence-corrected chi connectivity index (χ3v) is 5.42. The van der Waals surface area contributed by atoms with E-state index >= 15 is 0 Å². The molecule has 0 spiro atoms. The number of amides is 1. The van der Waals surface area contributed by atoms with E-state index < -0.39 is 11.7 Å². The van der Waals surface area contributed by atoms with Crippen molar-refractivity contribution in [3.05, 3.63) is 97.2 Å². The molecule has 0 saturated heterocycles. The molecule has 0 aromatic heterocycles. The fourth-order valence-electron chi connectivity index (χ4n) is 2.50. The average Bonchev–Trinajstić information content (AvgIpc) is 2.75. The molecule has 0 heterocycles. The fraction of sp³-hybridized carbons (Fsp3) is 0.0455. The highest BCUT2D eigenvalue weighted by molar-refractivity contribution is 9.10. The maximum atomic E-state index is 13.9. The monoisotopic (exact) mass is 519 g/mol. The van der Waals surface area contributed by atoms with Crippen LogP contribution in [0.2, 0.25) is 10.0 Å². The number of nitriles is 1. The SMILES string of the molecule is N#Cc1ccc(C(=O)N/N=C\c2ccc(OCc3ccc(Cl)c(Cl)c3)c(Br)c2)c(F)c1. The lowest BCUT2D eigenvalue weighted by molar-refractivity contribution is 0.0951. The van der Waals surface area contributed by atoms with Gasteiger partial charge in [-0.3, -0.25) is 4.79 Å². The molecular formula is C22H13BrCl2FN3O2. The van der Waals surface area contributed by atoms with Gasteiger partial charge in [-0.1, -0.05) is 29.3 Å². The van der Waals surface area contributed by atoms with Crippen molar-refractivity contribution >= 4 is 51.3 Å². The number of hydrogen-bond acceptors (Lipinski definition) is 4. The molecule has 1 amide bonds. The van der Waals surface area contributed by atoms with Crippen LogP contribution in [-0.2, 0) is 6.61 Å². The van der Waals surface area contributed by atoms with Crippen molar-refractivity contribution < 1.29 is 13.9 Å². The van der Waals surface area contributed by atoms with Crippen molar-refractivity contribution in [2.75, 3.05) is 0 Å². The molecule has 0 aliphatic rings. The Bertz CT molecular complexity index is 1210. The Balaban J connectivity index is 1.60. The molecule has 3 aromatic rings. The van der Waals surface area contributed by atoms with Crippen LogP contribution >= 0.6 is 39.1 Å². The molecule has 0 unspecified atom stereocenters. The van der Waals surface area contributed by atoms with Crippen molar-refractivity contribution in [2.45, 2.75) is 6.61 Å². The average molecular weight is 521 g/mol. The van der Waals surface area contributed by atoms with Gasteiger partial charge in [0.05, 0.1) is 37.9 Å². The number of nitrogens with one attached hydrogen (secondary N) is 1. The van der Waals surface area contributed by atoms with Crippen LogP contribution in [0.15, 0.2) is 64.2 Å². The van der Waals surface area contributed by atoms with Crippen LogP contribution in [0.1, 0.15) is 27.0 Å². The van der Waals surface area contributed by atoms with Gasteiger partial charge in [-0.15, -0.1) is 0 Å². The molecule has 0 fully saturated rings. The summed E-state index contributed by atoms with van der Waals surface area (Å²) in [4.78, 5) is 12.0. The molecule has 0 atom stereocenters. The molecule has 0 aliphatic heterocycles. The van der Waals surface area contributed by atoms with Gasteiger partial charge < -0.3 is 4.74 Å². The standard InChI is InChI=1S/C22H13BrCl2FN3O2/c23-17-7-14(3-6-21(17)31-12-15-2-5-18(24)19(25)8-15)11-28-29-22(30)16-4-1-13(10-27)9-20(16)26/h1-9,11H,12H2,(H,29,30)/b28-11-. The Morgan fingerprint density at radius 3 is 2.65 bits per heavy atom. The van der Waals surface area contributed by atoms with Gasteiger partial charge in [0.15, 0.2) is 0 Å². The summed E-state index contributed by atoms with van der Waals surface area (Å²) in [6.45, 7) is 0.301. The van der Waals surface area contributed by atoms with E-state index in [-0.39, 0.29) is 11.1 Å². The zero-order valence-corrected chi connectivity index (χ0v) is 18.8. The van der Waals surface area contributed by atoms with Gasteiger partial charge in [0.2, 0.25) is 0 Å². The van der Waals surface area contributed by atoms with Crippen molar-refractivity contribution in [3.8, 4) is 11.8 Å². The summed E-state index contributed by atoms with van der Waals surface area (Å²) in [7, 11) is 0. The highest BCUT2D eigenvalue weighted by Gasteiger charge is 2.11. The minimum Gasteiger partial charge on any atom is -0.488 e. The molecule has 9 heteroatoms. The molecule has 0 radical (unpaired) electrons. The molecule has 0 saturated carbocycles. The first-order chi connectivity index (χ1) is 14.9. The largest absolute Gasteiger partial charge is 0.488 e. The van der Waals surface area contributed by atoms with Crippen LogP contribution in [0, 0.1) is 17.1 Å². The van der Waals surface area contributed by atoms with Crippen LogP contribution in [0.5, 0.6) is 5.75 Å². The van der Waals surface area contributed by atoms with Crippen molar-refractivity contribution in [3.63, 3.8) is 0 Å². The zero-order valence-electron chi connectivity index (χ0n) is 15.7. The van der Waals surface area contributed by atoms with Crippen LogP contribution < -0.4 is 10.2 Å². The quantitative estimate of drug-likeness (QED) is 0.314. The van der Waals surface area contributed by atoms with Crippen LogP contribution in [0.4, 0.5) is 4.39 Å².